The number of anilines is 1. The van der Waals surface area contributed by atoms with E-state index in [1.165, 1.54) is 9.94 Å². The quantitative estimate of drug-likeness (QED) is 0.771. The van der Waals surface area contributed by atoms with Crippen LogP contribution in [0.2, 0.25) is 0 Å². The molecule has 0 fully saturated rings. The van der Waals surface area contributed by atoms with E-state index in [2.05, 4.69) is 11.9 Å². The minimum atomic E-state index is 0.247. The van der Waals surface area contributed by atoms with E-state index in [-0.39, 0.29) is 6.04 Å². The van der Waals surface area contributed by atoms with Crippen molar-refractivity contribution in [3.8, 4) is 0 Å². The highest BCUT2D eigenvalue weighted by Gasteiger charge is 2.25. The van der Waals surface area contributed by atoms with Gasteiger partial charge >= 0.3 is 0 Å². The van der Waals surface area contributed by atoms with E-state index in [0.717, 1.165) is 37.9 Å². The molecule has 0 radical (unpaired) electrons. The largest absolute Gasteiger partial charge is 0.375 e. The Bertz CT molecular complexity index is 339. The Hall–Kier alpha value is -0.650. The zero-order valence-corrected chi connectivity index (χ0v) is 9.76. The van der Waals surface area contributed by atoms with Crippen molar-refractivity contribution in [2.45, 2.75) is 38.6 Å². The maximum absolute atomic E-state index is 9.79. The van der Waals surface area contributed by atoms with E-state index in [1.807, 2.05) is 0 Å². The van der Waals surface area contributed by atoms with Crippen molar-refractivity contribution in [2.75, 3.05) is 12.3 Å². The summed E-state index contributed by atoms with van der Waals surface area (Å²) >= 11 is 1.56. The van der Waals surface area contributed by atoms with Crippen LogP contribution < -0.4 is 5.73 Å². The van der Waals surface area contributed by atoms with Crippen molar-refractivity contribution in [1.29, 1.82) is 0 Å². The van der Waals surface area contributed by atoms with Crippen LogP contribution in [0.5, 0.6) is 0 Å². The molecular formula is C10H17N3OS. The first-order valence-electron chi connectivity index (χ1n) is 5.40. The Balaban J connectivity index is 2.04. The first-order valence-corrected chi connectivity index (χ1v) is 6.22. The molecule has 1 aromatic rings. The fourth-order valence-corrected chi connectivity index (χ4v) is 2.99. The van der Waals surface area contributed by atoms with Crippen LogP contribution in [0, 0.1) is 0 Å². The molecule has 1 aromatic heterocycles. The Labute approximate surface area is 93.7 Å². The summed E-state index contributed by atoms with van der Waals surface area (Å²) in [7, 11) is 0. The monoisotopic (exact) mass is 227 g/mol. The molecule has 1 heterocycles. The summed E-state index contributed by atoms with van der Waals surface area (Å²) in [5, 5.41) is 11.9. The summed E-state index contributed by atoms with van der Waals surface area (Å²) in [5.41, 5.74) is 6.81. The lowest BCUT2D eigenvalue weighted by molar-refractivity contribution is -0.129. The molecule has 1 atom stereocenters. The Morgan fingerprint density at radius 1 is 1.67 bits per heavy atom. The predicted octanol–water partition coefficient (Wildman–Crippen LogP) is 1.68. The summed E-state index contributed by atoms with van der Waals surface area (Å²) in [6.07, 6.45) is 3.78. The fraction of sp³-hybridized carbons (Fsp3) is 0.700. The summed E-state index contributed by atoms with van der Waals surface area (Å²) in [4.78, 5) is 5.54. The van der Waals surface area contributed by atoms with Gasteiger partial charge in [0.25, 0.3) is 0 Å². The summed E-state index contributed by atoms with van der Waals surface area (Å²) in [5.74, 6) is 0. The molecule has 0 aliphatic heterocycles. The van der Waals surface area contributed by atoms with E-state index < -0.39 is 0 Å². The van der Waals surface area contributed by atoms with Gasteiger partial charge in [-0.05, 0) is 19.3 Å². The van der Waals surface area contributed by atoms with Gasteiger partial charge in [0, 0.05) is 23.9 Å². The summed E-state index contributed by atoms with van der Waals surface area (Å²) in [6, 6.07) is 0.247. The molecule has 0 amide bonds. The van der Waals surface area contributed by atoms with Crippen LogP contribution in [0.3, 0.4) is 0 Å². The van der Waals surface area contributed by atoms with Crippen molar-refractivity contribution in [2.24, 2.45) is 0 Å². The smallest absolute Gasteiger partial charge is 0.180 e. The number of fused-ring (bicyclic) bond motifs is 1. The van der Waals surface area contributed by atoms with Crippen LogP contribution in [0.25, 0.3) is 0 Å². The number of rotatable bonds is 3. The van der Waals surface area contributed by atoms with Crippen LogP contribution in [-0.4, -0.2) is 27.8 Å². The Kier molecular flexibility index (Phi) is 3.23. The molecule has 1 aliphatic rings. The summed E-state index contributed by atoms with van der Waals surface area (Å²) in [6.45, 7) is 2.82. The van der Waals surface area contributed by atoms with Gasteiger partial charge in [-0.15, -0.1) is 11.3 Å². The highest BCUT2D eigenvalue weighted by molar-refractivity contribution is 7.15. The van der Waals surface area contributed by atoms with Gasteiger partial charge in [0.1, 0.15) is 0 Å². The molecule has 0 saturated carbocycles. The van der Waals surface area contributed by atoms with E-state index in [9.17, 15) is 5.21 Å². The van der Waals surface area contributed by atoms with Crippen LogP contribution in [0.1, 0.15) is 30.3 Å². The molecule has 1 unspecified atom stereocenters. The maximum atomic E-state index is 9.79. The molecule has 5 heteroatoms. The zero-order valence-electron chi connectivity index (χ0n) is 8.94. The average molecular weight is 227 g/mol. The lowest BCUT2D eigenvalue weighted by atomic mass is 9.97. The third-order valence-electron chi connectivity index (χ3n) is 2.80. The second-order valence-electron chi connectivity index (χ2n) is 3.98. The number of nitrogens with zero attached hydrogens (tertiary/aromatic N) is 2. The molecule has 0 aromatic carbocycles. The van der Waals surface area contributed by atoms with Gasteiger partial charge in [-0.3, -0.25) is 0 Å². The van der Waals surface area contributed by atoms with E-state index in [1.54, 1.807) is 11.3 Å². The standard InChI is InChI=1S/C10H17N3OS/c1-2-5-13(14)7-3-4-8-9(6-7)15-10(11)12-8/h7,14H,2-6H2,1H3,(H2,11,12). The second kappa shape index (κ2) is 4.47. The molecule has 2 rings (SSSR count). The predicted molar refractivity (Wildman–Crippen MR) is 61.1 cm³/mol. The van der Waals surface area contributed by atoms with E-state index in [0.29, 0.717) is 5.13 Å². The molecule has 0 spiro atoms. The van der Waals surface area contributed by atoms with E-state index >= 15 is 0 Å². The molecule has 15 heavy (non-hydrogen) atoms. The number of hydroxylamine groups is 2. The van der Waals surface area contributed by atoms with Crippen molar-refractivity contribution < 1.29 is 5.21 Å². The normalized spacial score (nSPS) is 20.6. The maximum Gasteiger partial charge on any atom is 0.180 e. The topological polar surface area (TPSA) is 62.4 Å². The Morgan fingerprint density at radius 3 is 3.20 bits per heavy atom. The van der Waals surface area contributed by atoms with Crippen LogP contribution in [0.4, 0.5) is 5.13 Å². The third kappa shape index (κ3) is 2.30. The van der Waals surface area contributed by atoms with Gasteiger partial charge in [-0.1, -0.05) is 6.92 Å². The lowest BCUT2D eigenvalue weighted by Gasteiger charge is -2.28. The minimum Gasteiger partial charge on any atom is -0.375 e. The first kappa shape index (κ1) is 10.9. The minimum absolute atomic E-state index is 0.247. The van der Waals surface area contributed by atoms with Crippen molar-refractivity contribution in [3.63, 3.8) is 0 Å². The molecule has 84 valence electrons. The molecule has 4 nitrogen and oxygen atoms in total. The van der Waals surface area contributed by atoms with Crippen LogP contribution >= 0.6 is 11.3 Å². The summed E-state index contributed by atoms with van der Waals surface area (Å²) < 4.78 is 0. The zero-order chi connectivity index (χ0) is 10.8. The van der Waals surface area contributed by atoms with Gasteiger partial charge in [0.05, 0.1) is 5.69 Å². The Morgan fingerprint density at radius 2 is 2.47 bits per heavy atom. The number of thiazole rings is 1. The lowest BCUT2D eigenvalue weighted by Crippen LogP contribution is -2.37. The molecule has 1 aliphatic carbocycles. The molecule has 0 bridgehead atoms. The third-order valence-corrected chi connectivity index (χ3v) is 3.75. The van der Waals surface area contributed by atoms with Gasteiger partial charge in [-0.25, -0.2) is 4.98 Å². The van der Waals surface area contributed by atoms with Gasteiger partial charge < -0.3 is 10.9 Å². The van der Waals surface area contributed by atoms with Crippen molar-refractivity contribution in [3.05, 3.63) is 10.6 Å². The number of aryl methyl sites for hydroxylation is 1. The number of nitrogen functional groups attached to an aromatic ring is 1. The average Bonchev–Trinajstić information content (AvgIpc) is 2.57. The van der Waals surface area contributed by atoms with E-state index in [4.69, 9.17) is 5.73 Å². The second-order valence-corrected chi connectivity index (χ2v) is 5.10. The SMILES string of the molecule is CCCN(O)C1CCc2nc(N)sc2C1. The number of nitrogens with two attached hydrogens (primary N) is 1. The van der Waals surface area contributed by atoms with Gasteiger partial charge in [0.2, 0.25) is 0 Å². The fourth-order valence-electron chi connectivity index (χ4n) is 2.04. The molecular weight excluding hydrogens is 210 g/mol. The highest BCUT2D eigenvalue weighted by Crippen LogP contribution is 2.29. The highest BCUT2D eigenvalue weighted by atomic mass is 32.1. The molecule has 3 N–H and O–H groups in total. The van der Waals surface area contributed by atoms with Crippen molar-refractivity contribution in [1.82, 2.24) is 10.0 Å². The van der Waals surface area contributed by atoms with Crippen LogP contribution in [0.15, 0.2) is 0 Å². The number of hydrogen-bond donors (Lipinski definition) is 2. The van der Waals surface area contributed by atoms with Crippen molar-refractivity contribution >= 4 is 16.5 Å². The molecule has 0 saturated heterocycles. The van der Waals surface area contributed by atoms with Gasteiger partial charge in [-0.2, -0.15) is 5.06 Å². The van der Waals surface area contributed by atoms with Gasteiger partial charge in [0.15, 0.2) is 5.13 Å². The first-order chi connectivity index (χ1) is 7.20. The number of hydrogen-bond acceptors (Lipinski definition) is 5. The van der Waals surface area contributed by atoms with Crippen LogP contribution in [-0.2, 0) is 12.8 Å². The number of aromatic nitrogens is 1.